The van der Waals surface area contributed by atoms with E-state index in [1.54, 1.807) is 0 Å². The first kappa shape index (κ1) is 7.66. The maximum absolute atomic E-state index is 4.09. The van der Waals surface area contributed by atoms with Gasteiger partial charge in [-0.15, -0.1) is 0 Å². The van der Waals surface area contributed by atoms with Crippen LogP contribution in [0.4, 0.5) is 0 Å². The summed E-state index contributed by atoms with van der Waals surface area (Å²) in [6, 6.07) is 0. The minimum atomic E-state index is 0.425. The third-order valence-corrected chi connectivity index (χ3v) is 1.77. The van der Waals surface area contributed by atoms with Crippen molar-refractivity contribution in [1.29, 1.82) is 0 Å². The topological polar surface area (TPSA) is 25.8 Å². The van der Waals surface area contributed by atoms with E-state index in [1.165, 1.54) is 6.33 Å². The molecule has 0 saturated heterocycles. The van der Waals surface area contributed by atoms with Gasteiger partial charge in [0.15, 0.2) is 0 Å². The number of nitrogens with zero attached hydrogens (tertiary/aromatic N) is 2. The monoisotopic (exact) mass is 199 g/mol. The fourth-order valence-corrected chi connectivity index (χ4v) is 1.36. The average molecular weight is 200 g/mol. The van der Waals surface area contributed by atoms with Gasteiger partial charge in [-0.2, -0.15) is 0 Å². The van der Waals surface area contributed by atoms with Crippen LogP contribution in [-0.2, 0) is 0 Å². The number of aromatic nitrogens is 2. The summed E-state index contributed by atoms with van der Waals surface area (Å²) in [4.78, 5) is 7.83. The van der Waals surface area contributed by atoms with Crippen LogP contribution in [-0.4, -0.2) is 9.97 Å². The lowest BCUT2D eigenvalue weighted by molar-refractivity contribution is 0.805. The molecule has 0 aliphatic carbocycles. The van der Waals surface area contributed by atoms with Gasteiger partial charge in [0.05, 0.1) is 10.2 Å². The van der Waals surface area contributed by atoms with Crippen LogP contribution in [0.5, 0.6) is 0 Å². The molecule has 0 unspecified atom stereocenters. The van der Waals surface area contributed by atoms with Crippen molar-refractivity contribution in [3.63, 3.8) is 0 Å². The highest BCUT2D eigenvalue weighted by Gasteiger charge is 2.04. The average Bonchev–Trinajstić information content (AvgIpc) is 1.88. The molecular weight excluding hydrogens is 192 g/mol. The van der Waals surface area contributed by atoms with Crippen molar-refractivity contribution >= 4 is 15.9 Å². The Labute approximate surface area is 68.8 Å². The summed E-state index contributed by atoms with van der Waals surface area (Å²) >= 11 is 3.32. The minimum absolute atomic E-state index is 0.425. The third-order valence-electron chi connectivity index (χ3n) is 1.19. The second-order valence-corrected chi connectivity index (χ2v) is 3.13. The van der Waals surface area contributed by atoms with Gasteiger partial charge in [-0.3, -0.25) is 0 Å². The second kappa shape index (κ2) is 3.10. The molecule has 53 valence electrons. The van der Waals surface area contributed by atoms with Crippen molar-refractivity contribution < 1.29 is 0 Å². The number of hydrogen-bond acceptors (Lipinski definition) is 2. The van der Waals surface area contributed by atoms with Crippen LogP contribution >= 0.6 is 15.9 Å². The molecule has 0 atom stereocenters. The Morgan fingerprint density at radius 3 is 2.70 bits per heavy atom. The van der Waals surface area contributed by atoms with Crippen molar-refractivity contribution in [2.45, 2.75) is 19.8 Å². The standard InChI is InChI=1S/C7H8BrN2/c1-5(2)7-6(8)3-9-4-10-7/h4-5H,1-2H3. The predicted octanol–water partition coefficient (Wildman–Crippen LogP) is 2.16. The molecule has 1 rings (SSSR count). The van der Waals surface area contributed by atoms with E-state index in [9.17, 15) is 0 Å². The van der Waals surface area contributed by atoms with Gasteiger partial charge in [0.1, 0.15) is 12.5 Å². The summed E-state index contributed by atoms with van der Waals surface area (Å²) < 4.78 is 0.866. The SMILES string of the molecule is CC(C)c1ncn[c]c1Br. The Bertz CT molecular complexity index is 223. The minimum Gasteiger partial charge on any atom is -0.240 e. The summed E-state index contributed by atoms with van der Waals surface area (Å²) in [5.41, 5.74) is 1.01. The molecule has 0 aromatic carbocycles. The Balaban J connectivity index is 3.03. The highest BCUT2D eigenvalue weighted by atomic mass is 79.9. The predicted molar refractivity (Wildman–Crippen MR) is 42.7 cm³/mol. The molecule has 1 aromatic heterocycles. The van der Waals surface area contributed by atoms with Gasteiger partial charge >= 0.3 is 0 Å². The van der Waals surface area contributed by atoms with Crippen molar-refractivity contribution in [2.75, 3.05) is 0 Å². The number of hydrogen-bond donors (Lipinski definition) is 0. The van der Waals surface area contributed by atoms with E-state index in [0.717, 1.165) is 10.2 Å². The molecule has 0 saturated carbocycles. The second-order valence-electron chi connectivity index (χ2n) is 2.34. The molecule has 2 nitrogen and oxygen atoms in total. The summed E-state index contributed by atoms with van der Waals surface area (Å²) in [5, 5.41) is 0. The first-order chi connectivity index (χ1) is 4.72. The molecule has 0 bridgehead atoms. The lowest BCUT2D eigenvalue weighted by Crippen LogP contribution is -1.94. The molecule has 0 spiro atoms. The Hall–Kier alpha value is -0.440. The lowest BCUT2D eigenvalue weighted by Gasteiger charge is -2.03. The van der Waals surface area contributed by atoms with Crippen LogP contribution in [0, 0.1) is 6.20 Å². The van der Waals surface area contributed by atoms with E-state index in [4.69, 9.17) is 0 Å². The summed E-state index contributed by atoms with van der Waals surface area (Å²) in [6.07, 6.45) is 4.30. The number of rotatable bonds is 1. The molecule has 0 fully saturated rings. The Kier molecular flexibility index (Phi) is 2.38. The van der Waals surface area contributed by atoms with Gasteiger partial charge in [-0.25, -0.2) is 9.97 Å². The molecule has 0 amide bonds. The van der Waals surface area contributed by atoms with Gasteiger partial charge in [0.25, 0.3) is 0 Å². The number of halogens is 1. The molecule has 10 heavy (non-hydrogen) atoms. The maximum atomic E-state index is 4.09. The molecular formula is C7H8BrN2. The van der Waals surface area contributed by atoms with E-state index in [0.29, 0.717) is 5.92 Å². The van der Waals surface area contributed by atoms with Gasteiger partial charge in [-0.05, 0) is 21.8 Å². The molecule has 1 aromatic rings. The van der Waals surface area contributed by atoms with Crippen LogP contribution in [0.2, 0.25) is 0 Å². The zero-order valence-electron chi connectivity index (χ0n) is 5.93. The highest BCUT2D eigenvalue weighted by Crippen LogP contribution is 2.19. The zero-order valence-corrected chi connectivity index (χ0v) is 7.51. The fraction of sp³-hybridized carbons (Fsp3) is 0.429. The molecule has 1 heterocycles. The van der Waals surface area contributed by atoms with Gasteiger partial charge in [-0.1, -0.05) is 13.8 Å². The van der Waals surface area contributed by atoms with Gasteiger partial charge in [0, 0.05) is 0 Å². The quantitative estimate of drug-likeness (QED) is 0.694. The van der Waals surface area contributed by atoms with Crippen molar-refractivity contribution in [2.24, 2.45) is 0 Å². The van der Waals surface area contributed by atoms with E-state index >= 15 is 0 Å². The molecule has 1 radical (unpaired) electrons. The smallest absolute Gasteiger partial charge is 0.116 e. The molecule has 0 aliphatic rings. The largest absolute Gasteiger partial charge is 0.240 e. The van der Waals surface area contributed by atoms with Crippen LogP contribution < -0.4 is 0 Å². The molecule has 3 heteroatoms. The summed E-state index contributed by atoms with van der Waals surface area (Å²) in [5.74, 6) is 0.425. The highest BCUT2D eigenvalue weighted by molar-refractivity contribution is 9.10. The van der Waals surface area contributed by atoms with Gasteiger partial charge in [0.2, 0.25) is 0 Å². The van der Waals surface area contributed by atoms with Crippen molar-refractivity contribution in [3.8, 4) is 0 Å². The first-order valence-corrected chi connectivity index (χ1v) is 3.89. The van der Waals surface area contributed by atoms with Crippen LogP contribution in [0.1, 0.15) is 25.5 Å². The lowest BCUT2D eigenvalue weighted by atomic mass is 10.1. The van der Waals surface area contributed by atoms with E-state index < -0.39 is 0 Å². The first-order valence-electron chi connectivity index (χ1n) is 3.10. The van der Waals surface area contributed by atoms with Crippen molar-refractivity contribution in [1.82, 2.24) is 9.97 Å². The summed E-state index contributed by atoms with van der Waals surface area (Å²) in [7, 11) is 0. The molecule has 0 aliphatic heterocycles. The van der Waals surface area contributed by atoms with Crippen LogP contribution in [0.3, 0.4) is 0 Å². The van der Waals surface area contributed by atoms with Crippen LogP contribution in [0.25, 0.3) is 0 Å². The zero-order chi connectivity index (χ0) is 7.56. The summed E-state index contributed by atoms with van der Waals surface area (Å²) in [6.45, 7) is 4.17. The third kappa shape index (κ3) is 1.53. The van der Waals surface area contributed by atoms with E-state index in [2.05, 4.69) is 45.9 Å². The van der Waals surface area contributed by atoms with Gasteiger partial charge < -0.3 is 0 Å². The fourth-order valence-electron chi connectivity index (χ4n) is 0.693. The van der Waals surface area contributed by atoms with E-state index in [1.807, 2.05) is 0 Å². The van der Waals surface area contributed by atoms with Crippen molar-refractivity contribution in [3.05, 3.63) is 22.7 Å². The Morgan fingerprint density at radius 1 is 1.60 bits per heavy atom. The van der Waals surface area contributed by atoms with E-state index in [-0.39, 0.29) is 0 Å². The Morgan fingerprint density at radius 2 is 2.30 bits per heavy atom. The maximum Gasteiger partial charge on any atom is 0.116 e. The van der Waals surface area contributed by atoms with Crippen LogP contribution in [0.15, 0.2) is 10.8 Å². The normalized spacial score (nSPS) is 10.4. The molecule has 0 N–H and O–H groups in total.